The highest BCUT2D eigenvalue weighted by atomic mass is 32.2. The highest BCUT2D eigenvalue weighted by Crippen LogP contribution is 2.34. The predicted molar refractivity (Wildman–Crippen MR) is 63.9 cm³/mol. The number of rotatable bonds is 3. The van der Waals surface area contributed by atoms with E-state index in [-0.39, 0.29) is 17.2 Å². The normalized spacial score (nSPS) is 27.9. The van der Waals surface area contributed by atoms with Crippen LogP contribution in [0.5, 0.6) is 0 Å². The van der Waals surface area contributed by atoms with E-state index < -0.39 is 9.84 Å². The van der Waals surface area contributed by atoms with Gasteiger partial charge in [-0.1, -0.05) is 6.42 Å². The van der Waals surface area contributed by atoms with Crippen LogP contribution in [0.4, 0.5) is 0 Å². The molecule has 0 aliphatic heterocycles. The van der Waals surface area contributed by atoms with E-state index in [4.69, 9.17) is 5.73 Å². The number of aromatic nitrogens is 3. The fourth-order valence-corrected chi connectivity index (χ4v) is 3.69. The number of aromatic amines is 1. The Morgan fingerprint density at radius 3 is 2.88 bits per heavy atom. The van der Waals surface area contributed by atoms with Gasteiger partial charge in [-0.15, -0.1) is 0 Å². The Morgan fingerprint density at radius 1 is 1.53 bits per heavy atom. The molecule has 3 unspecified atom stereocenters. The molecule has 1 saturated carbocycles. The molecule has 1 fully saturated rings. The van der Waals surface area contributed by atoms with Crippen molar-refractivity contribution in [3.8, 4) is 0 Å². The second kappa shape index (κ2) is 4.73. The maximum atomic E-state index is 11.6. The highest BCUT2D eigenvalue weighted by molar-refractivity contribution is 7.91. The molecule has 0 bridgehead atoms. The smallest absolute Gasteiger partial charge is 0.150 e. The zero-order valence-electron chi connectivity index (χ0n) is 9.83. The molecule has 96 valence electrons. The van der Waals surface area contributed by atoms with Crippen molar-refractivity contribution < 1.29 is 8.42 Å². The second-order valence-corrected chi connectivity index (χ2v) is 7.10. The van der Waals surface area contributed by atoms with Crippen LogP contribution in [0.1, 0.15) is 37.5 Å². The van der Waals surface area contributed by atoms with E-state index in [1.165, 1.54) is 12.6 Å². The molecule has 0 amide bonds. The Hall–Kier alpha value is -0.950. The molecule has 1 aromatic rings. The zero-order valence-corrected chi connectivity index (χ0v) is 10.7. The average molecular weight is 258 g/mol. The molecule has 1 heterocycles. The number of hydrogen-bond donors (Lipinski definition) is 2. The Bertz CT molecular complexity index is 457. The first kappa shape index (κ1) is 12.5. The zero-order chi connectivity index (χ0) is 12.5. The van der Waals surface area contributed by atoms with E-state index in [2.05, 4.69) is 15.2 Å². The van der Waals surface area contributed by atoms with Crippen molar-refractivity contribution in [2.75, 3.05) is 6.26 Å². The Balaban J connectivity index is 2.07. The maximum Gasteiger partial charge on any atom is 0.150 e. The lowest BCUT2D eigenvalue weighted by Gasteiger charge is -2.30. The van der Waals surface area contributed by atoms with E-state index in [0.29, 0.717) is 12.2 Å². The fraction of sp³-hybridized carbons (Fsp3) is 0.800. The Morgan fingerprint density at radius 2 is 2.29 bits per heavy atom. The molecule has 0 aromatic carbocycles. The van der Waals surface area contributed by atoms with Gasteiger partial charge in [0.05, 0.1) is 11.3 Å². The first-order valence-corrected chi connectivity index (χ1v) is 7.73. The van der Waals surface area contributed by atoms with Crippen LogP contribution in [0, 0.1) is 5.92 Å². The SMILES string of the molecule is CS(=O)(=O)C1CCCC(C(N)c2ncn[nH]2)C1. The largest absolute Gasteiger partial charge is 0.321 e. The van der Waals surface area contributed by atoms with Gasteiger partial charge in [-0.05, 0) is 25.2 Å². The third kappa shape index (κ3) is 2.84. The van der Waals surface area contributed by atoms with E-state index in [1.807, 2.05) is 0 Å². The Kier molecular flexibility index (Phi) is 3.48. The summed E-state index contributed by atoms with van der Waals surface area (Å²) < 4.78 is 23.1. The van der Waals surface area contributed by atoms with Crippen molar-refractivity contribution >= 4 is 9.84 Å². The topological polar surface area (TPSA) is 102 Å². The predicted octanol–water partition coefficient (Wildman–Crippen LogP) is 0.408. The number of nitrogens with one attached hydrogen (secondary N) is 1. The third-order valence-electron chi connectivity index (χ3n) is 3.53. The van der Waals surface area contributed by atoms with Crippen LogP contribution in [0.3, 0.4) is 0 Å². The lowest BCUT2D eigenvalue weighted by atomic mass is 9.83. The molecule has 2 rings (SSSR count). The van der Waals surface area contributed by atoms with E-state index >= 15 is 0 Å². The number of sulfone groups is 1. The van der Waals surface area contributed by atoms with Gasteiger partial charge < -0.3 is 5.73 Å². The molecular weight excluding hydrogens is 240 g/mol. The van der Waals surface area contributed by atoms with E-state index in [1.54, 1.807) is 0 Å². The summed E-state index contributed by atoms with van der Waals surface area (Å²) in [5.41, 5.74) is 6.09. The van der Waals surface area contributed by atoms with Gasteiger partial charge in [0.2, 0.25) is 0 Å². The van der Waals surface area contributed by atoms with Crippen LogP contribution < -0.4 is 5.73 Å². The van der Waals surface area contributed by atoms with Gasteiger partial charge in [0.25, 0.3) is 0 Å². The lowest BCUT2D eigenvalue weighted by molar-refractivity contribution is 0.302. The van der Waals surface area contributed by atoms with Crippen molar-refractivity contribution in [2.45, 2.75) is 37.0 Å². The summed E-state index contributed by atoms with van der Waals surface area (Å²) in [7, 11) is -2.96. The minimum atomic E-state index is -2.96. The summed E-state index contributed by atoms with van der Waals surface area (Å²) in [4.78, 5) is 4.04. The summed E-state index contributed by atoms with van der Waals surface area (Å²) in [6.45, 7) is 0. The number of hydrogen-bond acceptors (Lipinski definition) is 5. The second-order valence-electron chi connectivity index (χ2n) is 4.77. The molecule has 17 heavy (non-hydrogen) atoms. The van der Waals surface area contributed by atoms with Gasteiger partial charge in [0, 0.05) is 6.26 Å². The molecule has 3 N–H and O–H groups in total. The molecule has 7 heteroatoms. The molecule has 0 saturated heterocycles. The van der Waals surface area contributed by atoms with E-state index in [9.17, 15) is 8.42 Å². The maximum absolute atomic E-state index is 11.6. The van der Waals surface area contributed by atoms with Crippen molar-refractivity contribution in [1.82, 2.24) is 15.2 Å². The molecule has 1 aliphatic carbocycles. The first-order chi connectivity index (χ1) is 7.98. The molecule has 6 nitrogen and oxygen atoms in total. The number of nitrogens with zero attached hydrogens (tertiary/aromatic N) is 2. The van der Waals surface area contributed by atoms with Crippen LogP contribution >= 0.6 is 0 Å². The summed E-state index contributed by atoms with van der Waals surface area (Å²) in [5.74, 6) is 0.806. The van der Waals surface area contributed by atoms with Crippen molar-refractivity contribution in [3.05, 3.63) is 12.2 Å². The van der Waals surface area contributed by atoms with Crippen molar-refractivity contribution in [3.63, 3.8) is 0 Å². The first-order valence-electron chi connectivity index (χ1n) is 5.78. The summed E-state index contributed by atoms with van der Waals surface area (Å²) in [6.07, 6.45) is 5.96. The highest BCUT2D eigenvalue weighted by Gasteiger charge is 2.33. The Labute approximate surface area is 101 Å². The van der Waals surface area contributed by atoms with Gasteiger partial charge in [-0.25, -0.2) is 13.4 Å². The van der Waals surface area contributed by atoms with Gasteiger partial charge in [0.15, 0.2) is 0 Å². The summed E-state index contributed by atoms with van der Waals surface area (Å²) >= 11 is 0. The van der Waals surface area contributed by atoms with Crippen molar-refractivity contribution in [1.29, 1.82) is 0 Å². The third-order valence-corrected chi connectivity index (χ3v) is 5.17. The van der Waals surface area contributed by atoms with Gasteiger partial charge in [-0.3, -0.25) is 5.10 Å². The fourth-order valence-electron chi connectivity index (χ4n) is 2.49. The number of H-pyrrole nitrogens is 1. The van der Waals surface area contributed by atoms with E-state index in [0.717, 1.165) is 19.3 Å². The lowest BCUT2D eigenvalue weighted by Crippen LogP contribution is -2.33. The summed E-state index contributed by atoms with van der Waals surface area (Å²) in [6, 6.07) is -0.248. The van der Waals surface area contributed by atoms with Crippen LogP contribution in [0.15, 0.2) is 6.33 Å². The van der Waals surface area contributed by atoms with Gasteiger partial charge in [-0.2, -0.15) is 5.10 Å². The van der Waals surface area contributed by atoms with Crippen LogP contribution in [0.25, 0.3) is 0 Å². The standard InChI is InChI=1S/C10H18N4O2S/c1-17(15,16)8-4-2-3-7(5-8)9(11)10-12-6-13-14-10/h6-9H,2-5,11H2,1H3,(H,12,13,14). The molecule has 1 aromatic heterocycles. The molecule has 0 radical (unpaired) electrons. The van der Waals surface area contributed by atoms with Gasteiger partial charge in [0.1, 0.15) is 22.0 Å². The number of nitrogens with two attached hydrogens (primary N) is 1. The molecule has 0 spiro atoms. The minimum Gasteiger partial charge on any atom is -0.321 e. The minimum absolute atomic E-state index is 0.163. The molecule has 1 aliphatic rings. The van der Waals surface area contributed by atoms with Crippen LogP contribution in [0.2, 0.25) is 0 Å². The van der Waals surface area contributed by atoms with Crippen molar-refractivity contribution in [2.24, 2.45) is 11.7 Å². The monoisotopic (exact) mass is 258 g/mol. The molecular formula is C10H18N4O2S. The van der Waals surface area contributed by atoms with Gasteiger partial charge >= 0.3 is 0 Å². The quantitative estimate of drug-likeness (QED) is 0.817. The summed E-state index contributed by atoms with van der Waals surface area (Å²) in [5, 5.41) is 6.27. The van der Waals surface area contributed by atoms with Crippen LogP contribution in [-0.4, -0.2) is 35.1 Å². The van der Waals surface area contributed by atoms with Crippen LogP contribution in [-0.2, 0) is 9.84 Å². The average Bonchev–Trinajstić information content (AvgIpc) is 2.80. The molecule has 3 atom stereocenters.